The summed E-state index contributed by atoms with van der Waals surface area (Å²) in [6.45, 7) is 11.4. The summed E-state index contributed by atoms with van der Waals surface area (Å²) in [4.78, 5) is 37.8. The summed E-state index contributed by atoms with van der Waals surface area (Å²) in [7, 11) is 0. The minimum absolute atomic E-state index is 0.0123. The van der Waals surface area contributed by atoms with Crippen molar-refractivity contribution in [3.63, 3.8) is 0 Å². The van der Waals surface area contributed by atoms with Gasteiger partial charge in [0, 0.05) is 12.8 Å². The van der Waals surface area contributed by atoms with Gasteiger partial charge in [0.2, 0.25) is 11.8 Å². The monoisotopic (exact) mass is 564 g/mol. The number of esters is 1. The number of nitrogens with one attached hydrogen (secondary N) is 2. The molecule has 2 rings (SSSR count). The Bertz CT molecular complexity index is 1100. The third kappa shape index (κ3) is 12.9. The van der Waals surface area contributed by atoms with Crippen molar-refractivity contribution in [3.8, 4) is 5.75 Å². The Morgan fingerprint density at radius 2 is 1.66 bits per heavy atom. The number of aliphatic hydroxyl groups excluding tert-OH is 1. The van der Waals surface area contributed by atoms with Gasteiger partial charge < -0.3 is 25.2 Å². The molecule has 0 bridgehead atoms. The molecule has 3 unspecified atom stereocenters. The lowest BCUT2D eigenvalue weighted by Crippen LogP contribution is -2.46. The van der Waals surface area contributed by atoms with Gasteiger partial charge in [0.05, 0.1) is 24.6 Å². The molecule has 8 heteroatoms. The van der Waals surface area contributed by atoms with E-state index in [-0.39, 0.29) is 49.8 Å². The van der Waals surface area contributed by atoms with Crippen LogP contribution in [0.5, 0.6) is 5.75 Å². The fraction of sp³-hybridized carbons (Fsp3) is 0.424. The number of aliphatic hydroxyl groups is 1. The molecule has 0 radical (unpaired) electrons. The summed E-state index contributed by atoms with van der Waals surface area (Å²) in [6, 6.07) is 16.5. The molecule has 0 heterocycles. The summed E-state index contributed by atoms with van der Waals surface area (Å²) < 4.78 is 11.1. The zero-order chi connectivity index (χ0) is 30.0. The number of benzene rings is 2. The van der Waals surface area contributed by atoms with E-state index in [2.05, 4.69) is 23.8 Å². The highest BCUT2D eigenvalue weighted by Crippen LogP contribution is 2.16. The van der Waals surface area contributed by atoms with Gasteiger partial charge in [0.15, 0.2) is 0 Å². The minimum Gasteiger partial charge on any atom is -0.489 e. The topological polar surface area (TPSA) is 114 Å². The molecule has 2 aromatic carbocycles. The zero-order valence-electron chi connectivity index (χ0n) is 24.2. The summed E-state index contributed by atoms with van der Waals surface area (Å²) in [5, 5.41) is 15.7. The van der Waals surface area contributed by atoms with Gasteiger partial charge in [0.1, 0.15) is 19.0 Å². The Morgan fingerprint density at radius 3 is 2.27 bits per heavy atom. The molecule has 0 saturated carbocycles. The molecule has 41 heavy (non-hydrogen) atoms. The van der Waals surface area contributed by atoms with Crippen LogP contribution in [0.4, 0.5) is 0 Å². The predicted octanol–water partition coefficient (Wildman–Crippen LogP) is 4.52. The molecule has 0 spiro atoms. The first-order valence-electron chi connectivity index (χ1n) is 14.1. The third-order valence-corrected chi connectivity index (χ3v) is 6.60. The first kappa shape index (κ1) is 33.3. The lowest BCUT2D eigenvalue weighted by atomic mass is 9.97. The first-order valence-corrected chi connectivity index (χ1v) is 14.1. The highest BCUT2D eigenvalue weighted by atomic mass is 16.5. The molecular formula is C33H44N2O6. The molecule has 0 aliphatic heterocycles. The van der Waals surface area contributed by atoms with E-state index < -0.39 is 18.0 Å². The quantitative estimate of drug-likeness (QED) is 0.171. The maximum atomic E-state index is 13.1. The molecule has 2 amide bonds. The number of allylic oxidation sites excluding steroid dienone is 2. The SMILES string of the molecule is C=CCCC(=O)OCC(NC(=O)C(CC=C)CC(=O)NC(CO)Cc1ccc(OCc2ccccc2)cc1)C(C)C. The van der Waals surface area contributed by atoms with Gasteiger partial charge in [-0.25, -0.2) is 0 Å². The molecule has 8 nitrogen and oxygen atoms in total. The average molecular weight is 565 g/mol. The maximum Gasteiger partial charge on any atom is 0.306 e. The summed E-state index contributed by atoms with van der Waals surface area (Å²) in [5.41, 5.74) is 2.00. The molecule has 3 atom stereocenters. The number of hydrogen-bond donors (Lipinski definition) is 3. The predicted molar refractivity (Wildman–Crippen MR) is 160 cm³/mol. The molecule has 3 N–H and O–H groups in total. The van der Waals surface area contributed by atoms with Crippen molar-refractivity contribution in [1.29, 1.82) is 0 Å². The van der Waals surface area contributed by atoms with E-state index >= 15 is 0 Å². The number of carbonyl (C=O) groups excluding carboxylic acids is 3. The Labute approximate surface area is 243 Å². The molecule has 0 aromatic heterocycles. The van der Waals surface area contributed by atoms with Gasteiger partial charge in [0.25, 0.3) is 0 Å². The van der Waals surface area contributed by atoms with Crippen molar-refractivity contribution >= 4 is 17.8 Å². The minimum atomic E-state index is -0.648. The van der Waals surface area contributed by atoms with Gasteiger partial charge in [-0.3, -0.25) is 14.4 Å². The molecule has 0 saturated heterocycles. The second kappa shape index (κ2) is 18.4. The number of amides is 2. The maximum absolute atomic E-state index is 13.1. The Hall–Kier alpha value is -3.91. The zero-order valence-corrected chi connectivity index (χ0v) is 24.2. The van der Waals surface area contributed by atoms with E-state index in [0.29, 0.717) is 25.9 Å². The van der Waals surface area contributed by atoms with E-state index in [9.17, 15) is 19.5 Å². The van der Waals surface area contributed by atoms with Crippen LogP contribution >= 0.6 is 0 Å². The van der Waals surface area contributed by atoms with Gasteiger partial charge >= 0.3 is 5.97 Å². The number of carbonyl (C=O) groups is 3. The van der Waals surface area contributed by atoms with Crippen molar-refractivity contribution in [2.45, 2.75) is 64.6 Å². The van der Waals surface area contributed by atoms with Crippen LogP contribution in [0.15, 0.2) is 79.9 Å². The number of ether oxygens (including phenoxy) is 2. The van der Waals surface area contributed by atoms with E-state index in [1.165, 1.54) is 0 Å². The van der Waals surface area contributed by atoms with Crippen LogP contribution in [0.2, 0.25) is 0 Å². The highest BCUT2D eigenvalue weighted by molar-refractivity contribution is 5.86. The van der Waals surface area contributed by atoms with Gasteiger partial charge in [-0.15, -0.1) is 13.2 Å². The molecular weight excluding hydrogens is 520 g/mol. The smallest absolute Gasteiger partial charge is 0.306 e. The normalized spacial score (nSPS) is 13.0. The molecule has 2 aromatic rings. The third-order valence-electron chi connectivity index (χ3n) is 6.60. The van der Waals surface area contributed by atoms with E-state index in [0.717, 1.165) is 16.9 Å². The largest absolute Gasteiger partial charge is 0.489 e. The lowest BCUT2D eigenvalue weighted by molar-refractivity contribution is -0.145. The van der Waals surface area contributed by atoms with E-state index in [4.69, 9.17) is 9.47 Å². The summed E-state index contributed by atoms with van der Waals surface area (Å²) in [6.07, 6.45) is 4.67. The van der Waals surface area contributed by atoms with Crippen LogP contribution in [-0.2, 0) is 32.1 Å². The molecule has 222 valence electrons. The Kier molecular flexibility index (Phi) is 15.0. The van der Waals surface area contributed by atoms with Crippen LogP contribution in [0.25, 0.3) is 0 Å². The van der Waals surface area contributed by atoms with Crippen molar-refractivity contribution in [2.24, 2.45) is 11.8 Å². The van der Waals surface area contributed by atoms with Crippen LogP contribution in [0, 0.1) is 11.8 Å². The summed E-state index contributed by atoms with van der Waals surface area (Å²) >= 11 is 0. The fourth-order valence-corrected chi connectivity index (χ4v) is 4.08. The Balaban J connectivity index is 1.89. The van der Waals surface area contributed by atoms with Crippen LogP contribution in [0.1, 0.15) is 50.7 Å². The number of rotatable bonds is 19. The van der Waals surface area contributed by atoms with Crippen LogP contribution in [-0.4, -0.2) is 48.2 Å². The van der Waals surface area contributed by atoms with Crippen LogP contribution in [0.3, 0.4) is 0 Å². The van der Waals surface area contributed by atoms with Gasteiger partial charge in [-0.05, 0) is 48.4 Å². The average Bonchev–Trinajstić information content (AvgIpc) is 2.97. The fourth-order valence-electron chi connectivity index (χ4n) is 4.08. The van der Waals surface area contributed by atoms with Crippen molar-refractivity contribution < 1.29 is 29.0 Å². The number of hydrogen-bond acceptors (Lipinski definition) is 6. The lowest BCUT2D eigenvalue weighted by Gasteiger charge is -2.25. The van der Waals surface area contributed by atoms with E-state index in [1.807, 2.05) is 68.4 Å². The molecule has 0 aliphatic rings. The highest BCUT2D eigenvalue weighted by Gasteiger charge is 2.26. The standard InChI is InChI=1S/C33H44N2O6/c1-5-7-14-32(38)41-23-30(24(3)4)35-33(39)27(11-6-2)20-31(37)34-28(21-36)19-25-15-17-29(18-16-25)40-22-26-12-9-8-10-13-26/h5-6,8-10,12-13,15-18,24,27-28,30,36H,1-2,7,11,14,19-23H2,3-4H3,(H,34,37)(H,35,39). The van der Waals surface area contributed by atoms with Gasteiger partial charge in [-0.1, -0.05) is 68.5 Å². The van der Waals surface area contributed by atoms with Crippen molar-refractivity contribution in [2.75, 3.05) is 13.2 Å². The Morgan fingerprint density at radius 1 is 0.951 bits per heavy atom. The van der Waals surface area contributed by atoms with Crippen molar-refractivity contribution in [3.05, 3.63) is 91.0 Å². The second-order valence-electron chi connectivity index (χ2n) is 10.4. The summed E-state index contributed by atoms with van der Waals surface area (Å²) in [5.74, 6) is -0.912. The van der Waals surface area contributed by atoms with Gasteiger partial charge in [-0.2, -0.15) is 0 Å². The van der Waals surface area contributed by atoms with Crippen molar-refractivity contribution in [1.82, 2.24) is 10.6 Å². The molecule has 0 aliphatic carbocycles. The molecule has 0 fully saturated rings. The van der Waals surface area contributed by atoms with Crippen LogP contribution < -0.4 is 15.4 Å². The second-order valence-corrected chi connectivity index (χ2v) is 10.4. The first-order chi connectivity index (χ1) is 19.7. The van der Waals surface area contributed by atoms with E-state index in [1.54, 1.807) is 12.2 Å².